The Morgan fingerprint density at radius 2 is 1.79 bits per heavy atom. The minimum absolute atomic E-state index is 0.100. The number of imidazole rings is 1. The summed E-state index contributed by atoms with van der Waals surface area (Å²) in [6, 6.07) is 7.77. The number of aromatic amines is 2. The van der Waals surface area contributed by atoms with Crippen LogP contribution in [0, 0.1) is 11.6 Å². The van der Waals surface area contributed by atoms with Gasteiger partial charge in [-0.3, -0.25) is 20.1 Å². The molecular formula is C23H14F2N8. The highest BCUT2D eigenvalue weighted by atomic mass is 19.1. The number of rotatable bonds is 3. The fourth-order valence-corrected chi connectivity index (χ4v) is 3.85. The summed E-state index contributed by atoms with van der Waals surface area (Å²) in [7, 11) is 0. The Balaban J connectivity index is 1.55. The first-order valence-electron chi connectivity index (χ1n) is 9.92. The Morgan fingerprint density at radius 1 is 0.909 bits per heavy atom. The van der Waals surface area contributed by atoms with Crippen LogP contribution < -0.4 is 5.73 Å². The molecule has 0 aliphatic heterocycles. The molecule has 0 saturated heterocycles. The van der Waals surface area contributed by atoms with Crippen molar-refractivity contribution in [2.75, 3.05) is 5.73 Å². The lowest BCUT2D eigenvalue weighted by Gasteiger charge is -2.04. The number of nitrogens with two attached hydrogens (primary N) is 1. The molecule has 33 heavy (non-hydrogen) atoms. The SMILES string of the molecule is Nc1cncc(-c2ncc3n[nH]c(-c4nc5c(-c6cccc(F)c6)cncc5[nH]4)c3c2F)c1. The maximum absolute atomic E-state index is 15.6. The second-order valence-corrected chi connectivity index (χ2v) is 7.47. The lowest BCUT2D eigenvalue weighted by atomic mass is 10.1. The van der Waals surface area contributed by atoms with Gasteiger partial charge in [0.25, 0.3) is 0 Å². The number of nitrogen functional groups attached to an aromatic ring is 1. The van der Waals surface area contributed by atoms with Gasteiger partial charge in [0.05, 0.1) is 34.5 Å². The zero-order chi connectivity index (χ0) is 22.5. The fraction of sp³-hybridized carbons (Fsp3) is 0. The second-order valence-electron chi connectivity index (χ2n) is 7.47. The van der Waals surface area contributed by atoms with Gasteiger partial charge >= 0.3 is 0 Å². The van der Waals surface area contributed by atoms with E-state index in [0.717, 1.165) is 0 Å². The van der Waals surface area contributed by atoms with Crippen LogP contribution >= 0.6 is 0 Å². The van der Waals surface area contributed by atoms with Gasteiger partial charge in [-0.1, -0.05) is 12.1 Å². The molecule has 4 N–H and O–H groups in total. The molecule has 0 aliphatic rings. The third-order valence-corrected chi connectivity index (χ3v) is 5.34. The second kappa shape index (κ2) is 7.16. The number of anilines is 1. The first-order chi connectivity index (χ1) is 16.1. The van der Waals surface area contributed by atoms with Gasteiger partial charge < -0.3 is 10.7 Å². The minimum atomic E-state index is -0.576. The zero-order valence-corrected chi connectivity index (χ0v) is 16.8. The number of aromatic nitrogens is 7. The standard InChI is InChI=1S/C23H14F2N8/c24-13-3-1-2-11(4-13)15-8-28-9-17-21(15)31-23(30-17)22-18-16(32-33-22)10-29-20(19(18)25)12-5-14(26)7-27-6-12/h1-10H,26H2,(H,30,31)(H,32,33). The molecule has 6 rings (SSSR count). The number of pyridine rings is 3. The van der Waals surface area contributed by atoms with Crippen molar-refractivity contribution in [3.8, 4) is 33.9 Å². The van der Waals surface area contributed by atoms with Crippen molar-refractivity contribution in [2.45, 2.75) is 0 Å². The van der Waals surface area contributed by atoms with E-state index in [1.54, 1.807) is 30.6 Å². The van der Waals surface area contributed by atoms with Crippen LogP contribution in [0.5, 0.6) is 0 Å². The number of benzene rings is 1. The molecular weight excluding hydrogens is 426 g/mol. The number of fused-ring (bicyclic) bond motifs is 2. The van der Waals surface area contributed by atoms with Crippen molar-refractivity contribution >= 4 is 27.6 Å². The quantitative estimate of drug-likeness (QED) is 0.373. The van der Waals surface area contributed by atoms with Crippen molar-refractivity contribution in [2.24, 2.45) is 0 Å². The van der Waals surface area contributed by atoms with Crippen LogP contribution in [0.1, 0.15) is 0 Å². The molecule has 0 aliphatic carbocycles. The molecule has 1 aromatic carbocycles. The predicted octanol–water partition coefficient (Wildman–Crippen LogP) is 4.49. The van der Waals surface area contributed by atoms with E-state index in [1.807, 2.05) is 0 Å². The van der Waals surface area contributed by atoms with Crippen molar-refractivity contribution in [3.63, 3.8) is 0 Å². The van der Waals surface area contributed by atoms with Gasteiger partial charge in [0.2, 0.25) is 0 Å². The largest absolute Gasteiger partial charge is 0.397 e. The Morgan fingerprint density at radius 3 is 2.64 bits per heavy atom. The molecule has 6 aromatic rings. The van der Waals surface area contributed by atoms with Crippen LogP contribution in [-0.4, -0.2) is 35.1 Å². The van der Waals surface area contributed by atoms with Crippen molar-refractivity contribution in [3.05, 3.63) is 73.0 Å². The molecule has 0 atom stereocenters. The van der Waals surface area contributed by atoms with E-state index in [9.17, 15) is 4.39 Å². The summed E-state index contributed by atoms with van der Waals surface area (Å²) in [5, 5.41) is 7.25. The number of hydrogen-bond donors (Lipinski definition) is 3. The third-order valence-electron chi connectivity index (χ3n) is 5.34. The molecule has 8 nitrogen and oxygen atoms in total. The Kier molecular flexibility index (Phi) is 4.12. The molecule has 0 radical (unpaired) electrons. The molecule has 10 heteroatoms. The molecule has 0 saturated carbocycles. The lowest BCUT2D eigenvalue weighted by molar-refractivity contribution is 0.628. The smallest absolute Gasteiger partial charge is 0.161 e. The summed E-state index contributed by atoms with van der Waals surface area (Å²) < 4.78 is 29.4. The number of hydrogen-bond acceptors (Lipinski definition) is 6. The molecule has 160 valence electrons. The normalized spacial score (nSPS) is 11.5. The first kappa shape index (κ1) is 19.0. The Bertz CT molecular complexity index is 1670. The molecule has 5 aromatic heterocycles. The van der Waals surface area contributed by atoms with E-state index in [-0.39, 0.29) is 16.9 Å². The number of H-pyrrole nitrogens is 2. The van der Waals surface area contributed by atoms with Gasteiger partial charge in [-0.15, -0.1) is 0 Å². The zero-order valence-electron chi connectivity index (χ0n) is 16.8. The number of nitrogens with one attached hydrogen (secondary N) is 2. The summed E-state index contributed by atoms with van der Waals surface area (Å²) in [5.74, 6) is -0.578. The van der Waals surface area contributed by atoms with Gasteiger partial charge in [-0.25, -0.2) is 13.8 Å². The van der Waals surface area contributed by atoms with Crippen LogP contribution in [-0.2, 0) is 0 Å². The maximum atomic E-state index is 15.6. The van der Waals surface area contributed by atoms with E-state index >= 15 is 4.39 Å². The molecule has 0 spiro atoms. The molecule has 0 fully saturated rings. The Hall–Kier alpha value is -4.73. The summed E-state index contributed by atoms with van der Waals surface area (Å²) in [4.78, 5) is 20.3. The maximum Gasteiger partial charge on any atom is 0.161 e. The van der Waals surface area contributed by atoms with Gasteiger partial charge in [0.1, 0.15) is 22.7 Å². The van der Waals surface area contributed by atoms with Gasteiger partial charge in [0.15, 0.2) is 11.6 Å². The van der Waals surface area contributed by atoms with Gasteiger partial charge in [-0.2, -0.15) is 5.10 Å². The first-order valence-corrected chi connectivity index (χ1v) is 9.92. The van der Waals surface area contributed by atoms with Crippen LogP contribution in [0.3, 0.4) is 0 Å². The van der Waals surface area contributed by atoms with E-state index in [2.05, 4.69) is 35.1 Å². The molecule has 0 bridgehead atoms. The summed E-state index contributed by atoms with van der Waals surface area (Å²) in [6.07, 6.45) is 7.66. The predicted molar refractivity (Wildman–Crippen MR) is 120 cm³/mol. The Labute approximate surface area is 184 Å². The van der Waals surface area contributed by atoms with E-state index in [1.165, 1.54) is 30.7 Å². The monoisotopic (exact) mass is 440 g/mol. The highest BCUT2D eigenvalue weighted by Gasteiger charge is 2.21. The molecule has 0 unspecified atom stereocenters. The van der Waals surface area contributed by atoms with Crippen molar-refractivity contribution in [1.29, 1.82) is 0 Å². The van der Waals surface area contributed by atoms with E-state index in [4.69, 9.17) is 5.73 Å². The summed E-state index contributed by atoms with van der Waals surface area (Å²) in [5.41, 5.74) is 9.90. The van der Waals surface area contributed by atoms with Gasteiger partial charge in [-0.05, 0) is 23.8 Å². The van der Waals surface area contributed by atoms with Crippen molar-refractivity contribution < 1.29 is 8.78 Å². The summed E-state index contributed by atoms with van der Waals surface area (Å²) >= 11 is 0. The van der Waals surface area contributed by atoms with Crippen LogP contribution in [0.15, 0.2) is 61.3 Å². The summed E-state index contributed by atoms with van der Waals surface area (Å²) in [6.45, 7) is 0. The third kappa shape index (κ3) is 3.07. The topological polar surface area (TPSA) is 122 Å². The van der Waals surface area contributed by atoms with Crippen LogP contribution in [0.2, 0.25) is 0 Å². The fourth-order valence-electron chi connectivity index (χ4n) is 3.85. The van der Waals surface area contributed by atoms with Crippen molar-refractivity contribution in [1.82, 2.24) is 35.1 Å². The highest BCUT2D eigenvalue weighted by molar-refractivity contribution is 5.97. The van der Waals surface area contributed by atoms with Crippen LogP contribution in [0.25, 0.3) is 55.8 Å². The van der Waals surface area contributed by atoms with Crippen LogP contribution in [0.4, 0.5) is 14.5 Å². The highest BCUT2D eigenvalue weighted by Crippen LogP contribution is 2.34. The molecule has 5 heterocycles. The minimum Gasteiger partial charge on any atom is -0.397 e. The van der Waals surface area contributed by atoms with E-state index < -0.39 is 5.82 Å². The van der Waals surface area contributed by atoms with Gasteiger partial charge in [0, 0.05) is 29.7 Å². The molecule has 0 amide bonds. The van der Waals surface area contributed by atoms with E-state index in [0.29, 0.717) is 50.4 Å². The number of nitrogens with zero attached hydrogens (tertiary/aromatic N) is 5. The average Bonchev–Trinajstić information content (AvgIpc) is 3.43. The number of halogens is 2. The lowest BCUT2D eigenvalue weighted by Crippen LogP contribution is -1.94. The average molecular weight is 440 g/mol.